The van der Waals surface area contributed by atoms with Crippen molar-refractivity contribution in [2.75, 3.05) is 0 Å². The molecule has 2 aromatic rings. The molecule has 3 rings (SSSR count). The summed E-state index contributed by atoms with van der Waals surface area (Å²) in [4.78, 5) is 23.7. The molecule has 1 aliphatic carbocycles. The third kappa shape index (κ3) is 4.47. The van der Waals surface area contributed by atoms with Gasteiger partial charge in [-0.2, -0.15) is 0 Å². The first kappa shape index (κ1) is 17.6. The summed E-state index contributed by atoms with van der Waals surface area (Å²) in [5.74, 6) is 1.19. The van der Waals surface area contributed by atoms with Crippen LogP contribution in [0.1, 0.15) is 62.9 Å². The first-order valence-corrected chi connectivity index (χ1v) is 9.33. The molecule has 0 saturated heterocycles. The van der Waals surface area contributed by atoms with E-state index in [1.807, 2.05) is 25.4 Å². The van der Waals surface area contributed by atoms with Crippen LogP contribution in [0.4, 0.5) is 0 Å². The Kier molecular flexibility index (Phi) is 5.84. The number of carbonyl (C=O) groups is 1. The predicted molar refractivity (Wildman–Crippen MR) is 98.0 cm³/mol. The van der Waals surface area contributed by atoms with Crippen LogP contribution in [0.3, 0.4) is 0 Å². The third-order valence-electron chi connectivity index (χ3n) is 5.22. The summed E-state index contributed by atoms with van der Waals surface area (Å²) in [5.41, 5.74) is 1.10. The molecule has 0 aliphatic heterocycles. The number of amides is 1. The molecule has 1 fully saturated rings. The van der Waals surface area contributed by atoms with Crippen molar-refractivity contribution in [2.45, 2.75) is 71.0 Å². The molecule has 0 radical (unpaired) electrons. The molecule has 1 amide bonds. The number of carbonyl (C=O) groups excluding carboxylic acids is 1. The Hall–Kier alpha value is -2.17. The summed E-state index contributed by atoms with van der Waals surface area (Å²) >= 11 is 0. The minimum atomic E-state index is 0.120. The molecule has 0 spiro atoms. The zero-order valence-electron chi connectivity index (χ0n) is 15.3. The van der Waals surface area contributed by atoms with Crippen LogP contribution < -0.4 is 0 Å². The third-order valence-corrected chi connectivity index (χ3v) is 5.22. The van der Waals surface area contributed by atoms with Crippen LogP contribution in [0.15, 0.2) is 36.9 Å². The second-order valence-corrected chi connectivity index (χ2v) is 7.11. The van der Waals surface area contributed by atoms with Gasteiger partial charge in [0.1, 0.15) is 5.82 Å². The van der Waals surface area contributed by atoms with Crippen molar-refractivity contribution in [1.82, 2.24) is 19.4 Å². The number of aromatic nitrogens is 3. The Bertz CT molecular complexity index is 676. The number of hydrogen-bond acceptors (Lipinski definition) is 3. The maximum Gasteiger partial charge on any atom is 0.225 e. The van der Waals surface area contributed by atoms with Gasteiger partial charge in [0.2, 0.25) is 5.91 Å². The average Bonchev–Trinajstić information content (AvgIpc) is 3.07. The lowest BCUT2D eigenvalue weighted by Gasteiger charge is -2.35. The Labute approximate surface area is 150 Å². The van der Waals surface area contributed by atoms with Crippen LogP contribution in [0.5, 0.6) is 0 Å². The van der Waals surface area contributed by atoms with Gasteiger partial charge in [0.25, 0.3) is 0 Å². The lowest BCUT2D eigenvalue weighted by molar-refractivity contribution is -0.135. The summed E-state index contributed by atoms with van der Waals surface area (Å²) in [6.07, 6.45) is 13.9. The van der Waals surface area contributed by atoms with Gasteiger partial charge in [0.15, 0.2) is 0 Å². The number of nitrogens with zero attached hydrogens (tertiary/aromatic N) is 4. The molecule has 134 valence electrons. The van der Waals surface area contributed by atoms with Gasteiger partial charge in [-0.15, -0.1) is 0 Å². The maximum atomic E-state index is 13.1. The summed E-state index contributed by atoms with van der Waals surface area (Å²) in [6, 6.07) is 4.48. The minimum absolute atomic E-state index is 0.120. The SMILES string of the molecule is Cc1nccn1[C@H](C)CC(=O)N(Cc1cccnc1)C1CCCCC1. The first-order valence-electron chi connectivity index (χ1n) is 9.33. The van der Waals surface area contributed by atoms with E-state index in [0.29, 0.717) is 19.0 Å². The van der Waals surface area contributed by atoms with Gasteiger partial charge in [-0.1, -0.05) is 25.3 Å². The minimum Gasteiger partial charge on any atom is -0.335 e. The molecule has 1 saturated carbocycles. The fraction of sp³-hybridized carbons (Fsp3) is 0.550. The summed E-state index contributed by atoms with van der Waals surface area (Å²) in [7, 11) is 0. The first-order chi connectivity index (χ1) is 12.1. The predicted octanol–water partition coefficient (Wildman–Crippen LogP) is 3.90. The molecule has 25 heavy (non-hydrogen) atoms. The molecule has 1 aliphatic rings. The van der Waals surface area contributed by atoms with Crippen LogP contribution in [0, 0.1) is 6.92 Å². The highest BCUT2D eigenvalue weighted by atomic mass is 16.2. The van der Waals surface area contributed by atoms with Crippen molar-refractivity contribution in [3.05, 3.63) is 48.3 Å². The zero-order valence-corrected chi connectivity index (χ0v) is 15.3. The highest BCUT2D eigenvalue weighted by Crippen LogP contribution is 2.26. The normalized spacial score (nSPS) is 16.6. The monoisotopic (exact) mass is 340 g/mol. The van der Waals surface area contributed by atoms with Crippen molar-refractivity contribution in [2.24, 2.45) is 0 Å². The summed E-state index contributed by atoms with van der Waals surface area (Å²) in [6.45, 7) is 4.73. The number of hydrogen-bond donors (Lipinski definition) is 0. The van der Waals surface area contributed by atoms with Crippen LogP contribution in [0.2, 0.25) is 0 Å². The van der Waals surface area contributed by atoms with Gasteiger partial charge < -0.3 is 9.47 Å². The molecule has 5 heteroatoms. The van der Waals surface area contributed by atoms with Crippen molar-refractivity contribution in [1.29, 1.82) is 0 Å². The van der Waals surface area contributed by atoms with E-state index >= 15 is 0 Å². The highest BCUT2D eigenvalue weighted by molar-refractivity contribution is 5.77. The van der Waals surface area contributed by atoms with Crippen molar-refractivity contribution in [3.63, 3.8) is 0 Å². The van der Waals surface area contributed by atoms with E-state index in [4.69, 9.17) is 0 Å². The van der Waals surface area contributed by atoms with Crippen LogP contribution in [0.25, 0.3) is 0 Å². The Morgan fingerprint density at radius 1 is 1.32 bits per heavy atom. The summed E-state index contributed by atoms with van der Waals surface area (Å²) < 4.78 is 2.08. The molecule has 0 unspecified atom stereocenters. The molecule has 2 heterocycles. The van der Waals surface area contributed by atoms with E-state index in [2.05, 4.69) is 32.4 Å². The number of imidazole rings is 1. The maximum absolute atomic E-state index is 13.1. The lowest BCUT2D eigenvalue weighted by atomic mass is 9.93. The molecule has 5 nitrogen and oxygen atoms in total. The standard InChI is InChI=1S/C20H28N4O/c1-16(23-12-11-22-17(23)2)13-20(25)24(19-8-4-3-5-9-19)15-18-7-6-10-21-14-18/h6-7,10-12,14,16,19H,3-5,8-9,13,15H2,1-2H3/t16-/m1/s1. The molecule has 0 aromatic carbocycles. The summed E-state index contributed by atoms with van der Waals surface area (Å²) in [5, 5.41) is 0. The number of pyridine rings is 1. The highest BCUT2D eigenvalue weighted by Gasteiger charge is 2.27. The van der Waals surface area contributed by atoms with Crippen molar-refractivity contribution >= 4 is 5.91 Å². The van der Waals surface area contributed by atoms with Crippen LogP contribution in [-0.2, 0) is 11.3 Å². The number of rotatable bonds is 6. The Morgan fingerprint density at radius 3 is 2.76 bits per heavy atom. The van der Waals surface area contributed by atoms with Gasteiger partial charge in [0.05, 0.1) is 0 Å². The molecule has 0 bridgehead atoms. The second kappa shape index (κ2) is 8.28. The average molecular weight is 340 g/mol. The van der Waals surface area contributed by atoms with Crippen molar-refractivity contribution < 1.29 is 4.79 Å². The lowest BCUT2D eigenvalue weighted by Crippen LogP contribution is -2.41. The Balaban J connectivity index is 1.73. The van der Waals surface area contributed by atoms with Gasteiger partial charge in [-0.05, 0) is 38.3 Å². The molecular formula is C20H28N4O. The van der Waals surface area contributed by atoms with Gasteiger partial charge >= 0.3 is 0 Å². The smallest absolute Gasteiger partial charge is 0.225 e. The molecule has 1 atom stereocenters. The fourth-order valence-corrected chi connectivity index (χ4v) is 3.82. The Morgan fingerprint density at radius 2 is 2.12 bits per heavy atom. The molecular weight excluding hydrogens is 312 g/mol. The number of aryl methyl sites for hydroxylation is 1. The van der Waals surface area contributed by atoms with E-state index in [1.54, 1.807) is 12.4 Å². The fourth-order valence-electron chi connectivity index (χ4n) is 3.82. The van der Waals surface area contributed by atoms with E-state index < -0.39 is 0 Å². The van der Waals surface area contributed by atoms with E-state index in [0.717, 1.165) is 24.2 Å². The van der Waals surface area contributed by atoms with E-state index in [1.165, 1.54) is 19.3 Å². The van der Waals surface area contributed by atoms with E-state index in [9.17, 15) is 4.79 Å². The largest absolute Gasteiger partial charge is 0.335 e. The quantitative estimate of drug-likeness (QED) is 0.801. The van der Waals surface area contributed by atoms with Crippen molar-refractivity contribution in [3.8, 4) is 0 Å². The van der Waals surface area contributed by atoms with E-state index in [-0.39, 0.29) is 11.9 Å². The van der Waals surface area contributed by atoms with Crippen LogP contribution >= 0.6 is 0 Å². The second-order valence-electron chi connectivity index (χ2n) is 7.11. The van der Waals surface area contributed by atoms with Crippen LogP contribution in [-0.4, -0.2) is 31.4 Å². The van der Waals surface area contributed by atoms with Gasteiger partial charge in [-0.25, -0.2) is 4.98 Å². The van der Waals surface area contributed by atoms with Gasteiger partial charge in [0, 0.05) is 49.8 Å². The molecule has 2 aromatic heterocycles. The van der Waals surface area contributed by atoms with Gasteiger partial charge in [-0.3, -0.25) is 9.78 Å². The zero-order chi connectivity index (χ0) is 17.6. The topological polar surface area (TPSA) is 51.0 Å². The molecule has 0 N–H and O–H groups in total.